The zero-order valence-electron chi connectivity index (χ0n) is 11.9. The van der Waals surface area contributed by atoms with Gasteiger partial charge in [0.1, 0.15) is 5.75 Å². The standard InChI is InChI=1S/C14H15N3O3S/c1-7-4-5-10(11(18)6-7)16-12(19)13(20)17-14-15-8(2)9(3)21-14/h4-6,18H,1-3H3,(H,16,19)(H,15,17,20). The van der Waals surface area contributed by atoms with Crippen molar-refractivity contribution in [1.29, 1.82) is 0 Å². The Hall–Kier alpha value is -2.41. The number of hydrogen-bond donors (Lipinski definition) is 3. The van der Waals surface area contributed by atoms with E-state index in [0.717, 1.165) is 16.1 Å². The van der Waals surface area contributed by atoms with Gasteiger partial charge in [-0.05, 0) is 38.5 Å². The predicted molar refractivity (Wildman–Crippen MR) is 81.7 cm³/mol. The topological polar surface area (TPSA) is 91.3 Å². The van der Waals surface area contributed by atoms with Crippen molar-refractivity contribution in [2.24, 2.45) is 0 Å². The average molecular weight is 305 g/mol. The van der Waals surface area contributed by atoms with Crippen molar-refractivity contribution in [3.05, 3.63) is 34.3 Å². The quantitative estimate of drug-likeness (QED) is 0.586. The Labute approximate surface area is 125 Å². The highest BCUT2D eigenvalue weighted by Gasteiger charge is 2.17. The number of carbonyl (C=O) groups is 2. The molecule has 0 aliphatic heterocycles. The van der Waals surface area contributed by atoms with Crippen molar-refractivity contribution in [3.63, 3.8) is 0 Å². The maximum absolute atomic E-state index is 11.8. The van der Waals surface area contributed by atoms with Crippen LogP contribution in [-0.2, 0) is 9.59 Å². The molecule has 3 N–H and O–H groups in total. The van der Waals surface area contributed by atoms with Gasteiger partial charge < -0.3 is 10.4 Å². The second-order valence-electron chi connectivity index (χ2n) is 4.59. The van der Waals surface area contributed by atoms with Gasteiger partial charge >= 0.3 is 11.8 Å². The van der Waals surface area contributed by atoms with E-state index in [9.17, 15) is 14.7 Å². The number of benzene rings is 1. The summed E-state index contributed by atoms with van der Waals surface area (Å²) >= 11 is 1.30. The molecule has 0 fully saturated rings. The number of nitrogens with zero attached hydrogens (tertiary/aromatic N) is 1. The first-order valence-corrected chi connectivity index (χ1v) is 7.04. The zero-order chi connectivity index (χ0) is 15.6. The molecule has 0 aliphatic carbocycles. The van der Waals surface area contributed by atoms with Crippen LogP contribution in [0.2, 0.25) is 0 Å². The first kappa shape index (κ1) is 15.0. The summed E-state index contributed by atoms with van der Waals surface area (Å²) in [7, 11) is 0. The van der Waals surface area contributed by atoms with Crippen LogP contribution in [0.5, 0.6) is 5.75 Å². The van der Waals surface area contributed by atoms with Crippen LogP contribution in [0.25, 0.3) is 0 Å². The van der Waals surface area contributed by atoms with E-state index in [2.05, 4.69) is 15.6 Å². The molecule has 0 radical (unpaired) electrons. The van der Waals surface area contributed by atoms with E-state index in [0.29, 0.717) is 5.13 Å². The summed E-state index contributed by atoms with van der Waals surface area (Å²) in [5.74, 6) is -1.78. The van der Waals surface area contributed by atoms with Crippen molar-refractivity contribution >= 4 is 34.0 Å². The number of aromatic hydroxyl groups is 1. The Kier molecular flexibility index (Phi) is 4.23. The molecule has 1 aromatic carbocycles. The number of hydrogen-bond acceptors (Lipinski definition) is 5. The molecule has 0 aliphatic rings. The molecule has 2 aromatic rings. The van der Waals surface area contributed by atoms with Crippen LogP contribution in [-0.4, -0.2) is 21.9 Å². The molecular weight excluding hydrogens is 290 g/mol. The third-order valence-electron chi connectivity index (χ3n) is 2.86. The summed E-state index contributed by atoms with van der Waals surface area (Å²) in [5, 5.41) is 14.9. The molecule has 6 nitrogen and oxygen atoms in total. The third-order valence-corrected chi connectivity index (χ3v) is 3.84. The third kappa shape index (κ3) is 3.57. The number of anilines is 2. The maximum atomic E-state index is 11.8. The molecule has 0 bridgehead atoms. The minimum atomic E-state index is -0.861. The Morgan fingerprint density at radius 1 is 1.14 bits per heavy atom. The highest BCUT2D eigenvalue weighted by molar-refractivity contribution is 7.15. The second kappa shape index (κ2) is 5.92. The van der Waals surface area contributed by atoms with E-state index in [-0.39, 0.29) is 11.4 Å². The first-order valence-electron chi connectivity index (χ1n) is 6.23. The molecule has 0 atom stereocenters. The van der Waals surface area contributed by atoms with Gasteiger partial charge in [-0.3, -0.25) is 14.9 Å². The van der Waals surface area contributed by atoms with Crippen LogP contribution >= 0.6 is 11.3 Å². The Morgan fingerprint density at radius 2 is 1.81 bits per heavy atom. The number of carbonyl (C=O) groups excluding carboxylic acids is 2. The summed E-state index contributed by atoms with van der Waals surface area (Å²) in [5.41, 5.74) is 1.85. The second-order valence-corrected chi connectivity index (χ2v) is 5.79. The van der Waals surface area contributed by atoms with Crippen molar-refractivity contribution < 1.29 is 14.7 Å². The van der Waals surface area contributed by atoms with E-state index in [1.165, 1.54) is 23.5 Å². The zero-order valence-corrected chi connectivity index (χ0v) is 12.7. The largest absolute Gasteiger partial charge is 0.506 e. The molecule has 0 spiro atoms. The minimum Gasteiger partial charge on any atom is -0.506 e. The molecule has 110 valence electrons. The fourth-order valence-corrected chi connectivity index (χ4v) is 2.42. The summed E-state index contributed by atoms with van der Waals surface area (Å²) < 4.78 is 0. The molecule has 0 saturated heterocycles. The number of thiazole rings is 1. The molecule has 0 saturated carbocycles. The predicted octanol–water partition coefficient (Wildman–Crippen LogP) is 2.35. The Morgan fingerprint density at radius 3 is 2.38 bits per heavy atom. The summed E-state index contributed by atoms with van der Waals surface area (Å²) in [6.07, 6.45) is 0. The number of amides is 2. The molecule has 7 heteroatoms. The maximum Gasteiger partial charge on any atom is 0.315 e. The van der Waals surface area contributed by atoms with Crippen LogP contribution in [0.4, 0.5) is 10.8 Å². The lowest BCUT2D eigenvalue weighted by atomic mass is 10.2. The number of aryl methyl sites for hydroxylation is 3. The molecule has 1 aromatic heterocycles. The fraction of sp³-hybridized carbons (Fsp3) is 0.214. The first-order chi connectivity index (χ1) is 9.86. The van der Waals surface area contributed by atoms with Gasteiger partial charge in [-0.1, -0.05) is 6.07 Å². The summed E-state index contributed by atoms with van der Waals surface area (Å²) in [4.78, 5) is 28.7. The van der Waals surface area contributed by atoms with Gasteiger partial charge in [0.2, 0.25) is 0 Å². The van der Waals surface area contributed by atoms with Crippen molar-refractivity contribution in [2.45, 2.75) is 20.8 Å². The van der Waals surface area contributed by atoms with Gasteiger partial charge in [0.15, 0.2) is 5.13 Å². The van der Waals surface area contributed by atoms with Crippen LogP contribution in [0.3, 0.4) is 0 Å². The molecule has 0 unspecified atom stereocenters. The normalized spacial score (nSPS) is 10.2. The van der Waals surface area contributed by atoms with E-state index < -0.39 is 11.8 Å². The van der Waals surface area contributed by atoms with Crippen LogP contribution in [0.15, 0.2) is 18.2 Å². The van der Waals surface area contributed by atoms with E-state index in [1.807, 2.05) is 20.8 Å². The van der Waals surface area contributed by atoms with Gasteiger partial charge in [0.05, 0.1) is 11.4 Å². The fourth-order valence-electron chi connectivity index (χ4n) is 1.61. The number of nitrogens with one attached hydrogen (secondary N) is 2. The van der Waals surface area contributed by atoms with Gasteiger partial charge in [-0.2, -0.15) is 0 Å². The number of phenolic OH excluding ortho intramolecular Hbond substituents is 1. The van der Waals surface area contributed by atoms with Gasteiger partial charge in [0.25, 0.3) is 0 Å². The highest BCUT2D eigenvalue weighted by atomic mass is 32.1. The van der Waals surface area contributed by atoms with Crippen LogP contribution < -0.4 is 10.6 Å². The van der Waals surface area contributed by atoms with Gasteiger partial charge in [0, 0.05) is 4.88 Å². The number of phenols is 1. The molecule has 1 heterocycles. The SMILES string of the molecule is Cc1ccc(NC(=O)C(=O)Nc2nc(C)c(C)s2)c(O)c1. The molecular formula is C14H15N3O3S. The lowest BCUT2D eigenvalue weighted by molar-refractivity contribution is -0.133. The average Bonchev–Trinajstić information content (AvgIpc) is 2.71. The van der Waals surface area contributed by atoms with E-state index in [1.54, 1.807) is 6.07 Å². The van der Waals surface area contributed by atoms with Gasteiger partial charge in [-0.25, -0.2) is 4.98 Å². The van der Waals surface area contributed by atoms with Crippen molar-refractivity contribution in [3.8, 4) is 5.75 Å². The molecule has 2 rings (SSSR count). The minimum absolute atomic E-state index is 0.0860. The van der Waals surface area contributed by atoms with Crippen LogP contribution in [0, 0.1) is 20.8 Å². The monoisotopic (exact) mass is 305 g/mol. The molecule has 21 heavy (non-hydrogen) atoms. The Bertz CT molecular complexity index is 690. The smallest absolute Gasteiger partial charge is 0.315 e. The molecule has 2 amide bonds. The summed E-state index contributed by atoms with van der Waals surface area (Å²) in [6.45, 7) is 5.52. The summed E-state index contributed by atoms with van der Waals surface area (Å²) in [6, 6.07) is 4.76. The van der Waals surface area contributed by atoms with Gasteiger partial charge in [-0.15, -0.1) is 11.3 Å². The highest BCUT2D eigenvalue weighted by Crippen LogP contribution is 2.24. The number of rotatable bonds is 2. The number of aromatic nitrogens is 1. The van der Waals surface area contributed by atoms with Crippen molar-refractivity contribution in [1.82, 2.24) is 4.98 Å². The van der Waals surface area contributed by atoms with E-state index in [4.69, 9.17) is 0 Å². The van der Waals surface area contributed by atoms with E-state index >= 15 is 0 Å². The van der Waals surface area contributed by atoms with Crippen LogP contribution in [0.1, 0.15) is 16.1 Å². The Balaban J connectivity index is 2.04. The lowest BCUT2D eigenvalue weighted by Gasteiger charge is -2.07. The lowest BCUT2D eigenvalue weighted by Crippen LogP contribution is -2.29. The van der Waals surface area contributed by atoms with Crippen molar-refractivity contribution in [2.75, 3.05) is 10.6 Å².